The molecule has 2 N–H and O–H groups in total. The van der Waals surface area contributed by atoms with E-state index in [9.17, 15) is 14.9 Å². The van der Waals surface area contributed by atoms with Gasteiger partial charge in [0.2, 0.25) is 5.91 Å². The summed E-state index contributed by atoms with van der Waals surface area (Å²) in [5.74, 6) is -0.649. The van der Waals surface area contributed by atoms with Crippen LogP contribution in [0.25, 0.3) is 11.3 Å². The molecule has 1 aromatic heterocycles. The average Bonchev–Trinajstić information content (AvgIpc) is 3.17. The maximum Gasteiger partial charge on any atom is 0.252 e. The predicted molar refractivity (Wildman–Crippen MR) is 130 cm³/mol. The van der Waals surface area contributed by atoms with Crippen LogP contribution in [0.5, 0.6) is 0 Å². The molecule has 4 rings (SSSR count). The number of primary amides is 1. The monoisotopic (exact) mass is 475 g/mol. The van der Waals surface area contributed by atoms with Gasteiger partial charge in [0.05, 0.1) is 42.4 Å². The zero-order valence-corrected chi connectivity index (χ0v) is 20.2. The first kappa shape index (κ1) is 23.5. The number of amides is 2. The molecule has 0 atom stereocenters. The number of nitrogens with two attached hydrogens (primary N) is 1. The van der Waals surface area contributed by atoms with Gasteiger partial charge in [-0.1, -0.05) is 56.6 Å². The van der Waals surface area contributed by atoms with Crippen LogP contribution in [0.4, 0.5) is 0 Å². The fourth-order valence-electron chi connectivity index (χ4n) is 4.33. The SMILES string of the molecule is CC(C)(C)c1cc(CC(=O)N2CCn3nc(-c4cccc(Cl)c4)c(C(N)=O)c3C2)ccc1C#N. The summed E-state index contributed by atoms with van der Waals surface area (Å²) < 4.78 is 1.75. The summed E-state index contributed by atoms with van der Waals surface area (Å²) in [4.78, 5) is 27.3. The minimum atomic E-state index is -0.590. The number of carbonyl (C=O) groups is 2. The van der Waals surface area contributed by atoms with Crippen molar-refractivity contribution in [3.8, 4) is 17.3 Å². The molecule has 2 amide bonds. The number of rotatable bonds is 4. The minimum absolute atomic E-state index is 0.0586. The molecule has 8 heteroatoms. The van der Waals surface area contributed by atoms with E-state index in [2.05, 4.69) is 11.2 Å². The molecule has 1 aliphatic rings. The van der Waals surface area contributed by atoms with Gasteiger partial charge in [-0.2, -0.15) is 10.4 Å². The van der Waals surface area contributed by atoms with Crippen LogP contribution in [-0.4, -0.2) is 33.0 Å². The van der Waals surface area contributed by atoms with E-state index in [1.807, 2.05) is 39.0 Å². The molecular formula is C26H26ClN5O2. The number of hydrogen-bond donors (Lipinski definition) is 1. The number of aromatic nitrogens is 2. The molecule has 0 bridgehead atoms. The van der Waals surface area contributed by atoms with Crippen LogP contribution in [0.1, 0.15) is 53.5 Å². The van der Waals surface area contributed by atoms with E-state index < -0.39 is 5.91 Å². The number of nitriles is 1. The molecule has 0 unspecified atom stereocenters. The van der Waals surface area contributed by atoms with Crippen molar-refractivity contribution in [2.45, 2.75) is 45.7 Å². The van der Waals surface area contributed by atoms with E-state index in [0.29, 0.717) is 46.2 Å². The summed E-state index contributed by atoms with van der Waals surface area (Å²) in [7, 11) is 0. The summed E-state index contributed by atoms with van der Waals surface area (Å²) in [6.07, 6.45) is 0.204. The number of halogens is 1. The molecule has 7 nitrogen and oxygen atoms in total. The Labute approximate surface area is 203 Å². The van der Waals surface area contributed by atoms with Gasteiger partial charge in [0, 0.05) is 17.1 Å². The van der Waals surface area contributed by atoms with Gasteiger partial charge >= 0.3 is 0 Å². The van der Waals surface area contributed by atoms with Gasteiger partial charge in [-0.25, -0.2) is 0 Å². The average molecular weight is 476 g/mol. The van der Waals surface area contributed by atoms with E-state index in [1.54, 1.807) is 33.8 Å². The maximum atomic E-state index is 13.2. The maximum absolute atomic E-state index is 13.2. The molecule has 0 aliphatic carbocycles. The van der Waals surface area contributed by atoms with Gasteiger partial charge in [-0.15, -0.1) is 0 Å². The largest absolute Gasteiger partial charge is 0.365 e. The Morgan fingerprint density at radius 2 is 1.94 bits per heavy atom. The lowest BCUT2D eigenvalue weighted by Crippen LogP contribution is -2.40. The van der Waals surface area contributed by atoms with Crippen molar-refractivity contribution in [3.63, 3.8) is 0 Å². The fraction of sp³-hybridized carbons (Fsp3) is 0.308. The second kappa shape index (κ2) is 8.96. The Morgan fingerprint density at radius 3 is 2.59 bits per heavy atom. The lowest BCUT2D eigenvalue weighted by molar-refractivity contribution is -0.132. The topological polar surface area (TPSA) is 105 Å². The molecule has 2 aromatic carbocycles. The molecule has 2 heterocycles. The van der Waals surface area contributed by atoms with E-state index in [1.165, 1.54) is 0 Å². The first-order valence-electron chi connectivity index (χ1n) is 11.0. The van der Waals surface area contributed by atoms with Crippen LogP contribution in [0.3, 0.4) is 0 Å². The quantitative estimate of drug-likeness (QED) is 0.614. The first-order valence-corrected chi connectivity index (χ1v) is 11.4. The smallest absolute Gasteiger partial charge is 0.252 e. The van der Waals surface area contributed by atoms with E-state index >= 15 is 0 Å². The number of carbonyl (C=O) groups excluding carboxylic acids is 2. The fourth-order valence-corrected chi connectivity index (χ4v) is 4.52. The summed E-state index contributed by atoms with van der Waals surface area (Å²) in [5, 5.41) is 14.6. The van der Waals surface area contributed by atoms with Crippen molar-refractivity contribution in [2.75, 3.05) is 6.54 Å². The van der Waals surface area contributed by atoms with Gasteiger partial charge in [0.25, 0.3) is 5.91 Å². The number of fused-ring (bicyclic) bond motifs is 1. The molecule has 174 valence electrons. The zero-order chi connectivity index (χ0) is 24.6. The molecule has 0 fully saturated rings. The standard InChI is InChI=1S/C26H26ClN5O2/c1-26(2,3)20-11-16(7-8-18(20)14-28)12-22(33)31-9-10-32-21(15-31)23(25(29)34)24(30-32)17-5-4-6-19(27)13-17/h4-8,11,13H,9-10,12,15H2,1-3H3,(H2,29,34). The summed E-state index contributed by atoms with van der Waals surface area (Å²) in [5.41, 5.74) is 10.0. The second-order valence-corrected chi connectivity index (χ2v) is 9.94. The second-order valence-electron chi connectivity index (χ2n) is 9.50. The summed E-state index contributed by atoms with van der Waals surface area (Å²) in [6, 6.07) is 14.9. The van der Waals surface area contributed by atoms with Crippen LogP contribution >= 0.6 is 11.6 Å². The Morgan fingerprint density at radius 1 is 1.18 bits per heavy atom. The highest BCUT2D eigenvalue weighted by atomic mass is 35.5. The summed E-state index contributed by atoms with van der Waals surface area (Å²) >= 11 is 6.13. The third kappa shape index (κ3) is 4.55. The van der Waals surface area contributed by atoms with Crippen molar-refractivity contribution in [3.05, 3.63) is 75.4 Å². The third-order valence-corrected chi connectivity index (χ3v) is 6.28. The molecule has 34 heavy (non-hydrogen) atoms. The molecule has 1 aliphatic heterocycles. The molecule has 0 radical (unpaired) electrons. The van der Waals surface area contributed by atoms with Gasteiger partial charge < -0.3 is 10.6 Å². The van der Waals surface area contributed by atoms with Crippen molar-refractivity contribution in [2.24, 2.45) is 5.73 Å². The van der Waals surface area contributed by atoms with Crippen LogP contribution in [-0.2, 0) is 29.7 Å². The highest BCUT2D eigenvalue weighted by Crippen LogP contribution is 2.30. The third-order valence-electron chi connectivity index (χ3n) is 6.04. The first-order chi connectivity index (χ1) is 16.1. The Bertz CT molecular complexity index is 1330. The van der Waals surface area contributed by atoms with Crippen molar-refractivity contribution >= 4 is 23.4 Å². The van der Waals surface area contributed by atoms with Gasteiger partial charge in [0.1, 0.15) is 5.69 Å². The molecule has 0 saturated heterocycles. The molecule has 3 aromatic rings. The van der Waals surface area contributed by atoms with Gasteiger partial charge in [-0.05, 0) is 34.7 Å². The predicted octanol–water partition coefficient (Wildman–Crippen LogP) is 4.06. The molecular weight excluding hydrogens is 450 g/mol. The summed E-state index contributed by atoms with van der Waals surface area (Å²) in [6.45, 7) is 7.31. The van der Waals surface area contributed by atoms with Crippen LogP contribution in [0, 0.1) is 11.3 Å². The van der Waals surface area contributed by atoms with Crippen molar-refractivity contribution < 1.29 is 9.59 Å². The Hall–Kier alpha value is -3.63. The zero-order valence-electron chi connectivity index (χ0n) is 19.4. The number of benzene rings is 2. The number of hydrogen-bond acceptors (Lipinski definition) is 4. The van der Waals surface area contributed by atoms with Gasteiger partial charge in [-0.3, -0.25) is 14.3 Å². The van der Waals surface area contributed by atoms with Crippen LogP contribution in [0.2, 0.25) is 5.02 Å². The van der Waals surface area contributed by atoms with E-state index in [4.69, 9.17) is 17.3 Å². The Balaban J connectivity index is 1.61. The highest BCUT2D eigenvalue weighted by Gasteiger charge is 2.30. The normalized spacial score (nSPS) is 13.3. The van der Waals surface area contributed by atoms with Crippen molar-refractivity contribution in [1.82, 2.24) is 14.7 Å². The molecule has 0 saturated carbocycles. The van der Waals surface area contributed by atoms with Crippen molar-refractivity contribution in [1.29, 1.82) is 5.26 Å². The highest BCUT2D eigenvalue weighted by molar-refractivity contribution is 6.30. The minimum Gasteiger partial charge on any atom is -0.365 e. The van der Waals surface area contributed by atoms with Gasteiger partial charge in [0.15, 0.2) is 0 Å². The van der Waals surface area contributed by atoms with Crippen LogP contribution < -0.4 is 5.73 Å². The number of nitrogens with zero attached hydrogens (tertiary/aromatic N) is 4. The van der Waals surface area contributed by atoms with E-state index in [-0.39, 0.29) is 24.3 Å². The lowest BCUT2D eigenvalue weighted by atomic mass is 9.83. The van der Waals surface area contributed by atoms with E-state index in [0.717, 1.165) is 11.1 Å². The Kier molecular flexibility index (Phi) is 6.20. The molecule has 0 spiro atoms. The van der Waals surface area contributed by atoms with Crippen LogP contribution in [0.15, 0.2) is 42.5 Å². The lowest BCUT2D eigenvalue weighted by Gasteiger charge is -2.28.